The third-order valence-electron chi connectivity index (χ3n) is 1.76. The lowest BCUT2D eigenvalue weighted by atomic mass is 10.2. The molecule has 0 aliphatic rings. The van der Waals surface area contributed by atoms with Crippen molar-refractivity contribution in [1.82, 2.24) is 0 Å². The lowest BCUT2D eigenvalue weighted by molar-refractivity contribution is 0.112. The van der Waals surface area contributed by atoms with Crippen LogP contribution in [0.2, 0.25) is 4.34 Å². The van der Waals surface area contributed by atoms with E-state index in [4.69, 9.17) is 11.6 Å². The molecule has 0 saturated carbocycles. The molecule has 0 N–H and O–H groups in total. The molecule has 0 spiro atoms. The van der Waals surface area contributed by atoms with Crippen LogP contribution in [0, 0.1) is 5.82 Å². The van der Waals surface area contributed by atoms with Gasteiger partial charge in [-0.3, -0.25) is 4.79 Å². The molecule has 1 heterocycles. The molecule has 1 nitrogen and oxygen atoms in total. The van der Waals surface area contributed by atoms with Gasteiger partial charge in [0.1, 0.15) is 10.2 Å². The van der Waals surface area contributed by atoms with Crippen molar-refractivity contribution in [1.29, 1.82) is 0 Å². The van der Waals surface area contributed by atoms with Gasteiger partial charge in [-0.2, -0.15) is 0 Å². The van der Waals surface area contributed by atoms with Crippen molar-refractivity contribution in [3.63, 3.8) is 0 Å². The maximum atomic E-state index is 12.8. The average Bonchev–Trinajstić information content (AvgIpc) is 2.39. The smallest absolute Gasteiger partial charge is 0.153 e. The first-order valence-corrected chi connectivity index (χ1v) is 4.74. The molecule has 2 aromatic rings. The first-order chi connectivity index (χ1) is 6.22. The molecule has 2 rings (SSSR count). The number of carbonyl (C=O) groups excluding carboxylic acids is 1. The number of fused-ring (bicyclic) bond motifs is 1. The Kier molecular flexibility index (Phi) is 2.06. The lowest BCUT2D eigenvalue weighted by Crippen LogP contribution is -1.76. The predicted molar refractivity (Wildman–Crippen MR) is 52.2 cm³/mol. The fourth-order valence-corrected chi connectivity index (χ4v) is 2.49. The van der Waals surface area contributed by atoms with E-state index in [2.05, 4.69) is 0 Å². The summed E-state index contributed by atoms with van der Waals surface area (Å²) in [5.74, 6) is -0.317. The third kappa shape index (κ3) is 1.34. The van der Waals surface area contributed by atoms with Gasteiger partial charge < -0.3 is 0 Å². The molecule has 0 aliphatic carbocycles. The Balaban J connectivity index is 2.86. The quantitative estimate of drug-likeness (QED) is 0.664. The highest BCUT2D eigenvalue weighted by molar-refractivity contribution is 7.23. The SMILES string of the molecule is O=Cc1c(Cl)sc2cc(F)ccc12. The molecule has 0 atom stereocenters. The topological polar surface area (TPSA) is 17.1 Å². The number of aldehydes is 1. The molecule has 13 heavy (non-hydrogen) atoms. The first-order valence-electron chi connectivity index (χ1n) is 3.55. The van der Waals surface area contributed by atoms with E-state index in [0.717, 1.165) is 0 Å². The van der Waals surface area contributed by atoms with Gasteiger partial charge in [0.2, 0.25) is 0 Å². The number of carbonyl (C=O) groups is 1. The van der Waals surface area contributed by atoms with E-state index in [1.165, 1.54) is 23.5 Å². The maximum Gasteiger partial charge on any atom is 0.153 e. The Labute approximate surface area is 82.7 Å². The van der Waals surface area contributed by atoms with Gasteiger partial charge in [0.15, 0.2) is 6.29 Å². The van der Waals surface area contributed by atoms with Gasteiger partial charge in [-0.1, -0.05) is 11.6 Å². The van der Waals surface area contributed by atoms with Crippen LogP contribution < -0.4 is 0 Å². The Bertz CT molecular complexity index is 478. The summed E-state index contributed by atoms with van der Waals surface area (Å²) in [7, 11) is 0. The van der Waals surface area contributed by atoms with E-state index in [9.17, 15) is 9.18 Å². The van der Waals surface area contributed by atoms with Crippen molar-refractivity contribution in [2.24, 2.45) is 0 Å². The normalized spacial score (nSPS) is 10.6. The summed E-state index contributed by atoms with van der Waals surface area (Å²) >= 11 is 7.00. The number of rotatable bonds is 1. The van der Waals surface area contributed by atoms with E-state index < -0.39 is 0 Å². The van der Waals surface area contributed by atoms with Crippen molar-refractivity contribution < 1.29 is 9.18 Å². The fourth-order valence-electron chi connectivity index (χ4n) is 1.17. The zero-order valence-corrected chi connectivity index (χ0v) is 7.95. The highest BCUT2D eigenvalue weighted by Crippen LogP contribution is 2.34. The standard InChI is InChI=1S/C9H4ClFOS/c10-9-7(4-12)6-2-1-5(11)3-8(6)13-9/h1-4H. The van der Waals surface area contributed by atoms with Crippen LogP contribution in [0.25, 0.3) is 10.1 Å². The van der Waals surface area contributed by atoms with E-state index in [1.807, 2.05) is 0 Å². The Morgan fingerprint density at radius 3 is 2.92 bits per heavy atom. The highest BCUT2D eigenvalue weighted by atomic mass is 35.5. The summed E-state index contributed by atoms with van der Waals surface area (Å²) in [6.45, 7) is 0. The van der Waals surface area contributed by atoms with Crippen LogP contribution in [0.3, 0.4) is 0 Å². The van der Waals surface area contributed by atoms with Crippen LogP contribution in [-0.2, 0) is 0 Å². The second-order valence-corrected chi connectivity index (χ2v) is 4.20. The van der Waals surface area contributed by atoms with Crippen LogP contribution >= 0.6 is 22.9 Å². The maximum absolute atomic E-state index is 12.8. The second kappa shape index (κ2) is 3.09. The number of benzene rings is 1. The summed E-state index contributed by atoms with van der Waals surface area (Å²) in [6.07, 6.45) is 0.694. The Morgan fingerprint density at radius 1 is 1.46 bits per heavy atom. The molecular formula is C9H4ClFOS. The third-order valence-corrected chi connectivity index (χ3v) is 3.15. The van der Waals surface area contributed by atoms with Crippen molar-refractivity contribution in [2.45, 2.75) is 0 Å². The summed E-state index contributed by atoms with van der Waals surface area (Å²) in [5.41, 5.74) is 0.446. The minimum absolute atomic E-state index is 0.317. The van der Waals surface area contributed by atoms with Gasteiger partial charge in [0.25, 0.3) is 0 Å². The molecule has 0 radical (unpaired) electrons. The van der Waals surface area contributed by atoms with Crippen LogP contribution in [0.4, 0.5) is 4.39 Å². The van der Waals surface area contributed by atoms with Crippen LogP contribution in [0.5, 0.6) is 0 Å². The summed E-state index contributed by atoms with van der Waals surface area (Å²) in [5, 5.41) is 0.714. The van der Waals surface area contributed by atoms with Crippen LogP contribution in [-0.4, -0.2) is 6.29 Å². The van der Waals surface area contributed by atoms with Crippen molar-refractivity contribution in [2.75, 3.05) is 0 Å². The van der Waals surface area contributed by atoms with Crippen molar-refractivity contribution in [3.8, 4) is 0 Å². The van der Waals surface area contributed by atoms with E-state index in [0.29, 0.717) is 26.3 Å². The molecular weight excluding hydrogens is 211 g/mol. The Hall–Kier alpha value is -0.930. The van der Waals surface area contributed by atoms with Crippen LogP contribution in [0.1, 0.15) is 10.4 Å². The van der Waals surface area contributed by atoms with E-state index in [-0.39, 0.29) is 5.82 Å². The van der Waals surface area contributed by atoms with Crippen LogP contribution in [0.15, 0.2) is 18.2 Å². The van der Waals surface area contributed by atoms with Crippen molar-refractivity contribution in [3.05, 3.63) is 33.9 Å². The molecule has 0 fully saturated rings. The van der Waals surface area contributed by atoms with Gasteiger partial charge in [0, 0.05) is 10.1 Å². The van der Waals surface area contributed by atoms with Gasteiger partial charge in [0.05, 0.1) is 5.56 Å². The molecule has 0 aliphatic heterocycles. The number of thiophene rings is 1. The highest BCUT2D eigenvalue weighted by Gasteiger charge is 2.09. The van der Waals surface area contributed by atoms with Gasteiger partial charge in [-0.05, 0) is 18.2 Å². The predicted octanol–water partition coefficient (Wildman–Crippen LogP) is 3.51. The Morgan fingerprint density at radius 2 is 2.23 bits per heavy atom. The van der Waals surface area contributed by atoms with Gasteiger partial charge in [-0.15, -0.1) is 11.3 Å². The summed E-state index contributed by atoms with van der Waals surface area (Å²) in [6, 6.07) is 4.26. The summed E-state index contributed by atoms with van der Waals surface area (Å²) in [4.78, 5) is 10.6. The number of hydrogen-bond acceptors (Lipinski definition) is 2. The fraction of sp³-hybridized carbons (Fsp3) is 0. The monoisotopic (exact) mass is 214 g/mol. The molecule has 1 aromatic heterocycles. The summed E-state index contributed by atoms with van der Waals surface area (Å²) < 4.78 is 13.9. The van der Waals surface area contributed by atoms with Crippen molar-refractivity contribution >= 4 is 39.3 Å². The number of hydrogen-bond donors (Lipinski definition) is 0. The molecule has 0 saturated heterocycles. The minimum atomic E-state index is -0.317. The first kappa shape index (κ1) is 8.66. The zero-order chi connectivity index (χ0) is 9.42. The number of halogens is 2. The second-order valence-electron chi connectivity index (χ2n) is 2.55. The van der Waals surface area contributed by atoms with Gasteiger partial charge in [-0.25, -0.2) is 4.39 Å². The largest absolute Gasteiger partial charge is 0.298 e. The molecule has 4 heteroatoms. The van der Waals surface area contributed by atoms with E-state index in [1.54, 1.807) is 6.07 Å². The van der Waals surface area contributed by atoms with E-state index >= 15 is 0 Å². The minimum Gasteiger partial charge on any atom is -0.298 e. The molecule has 0 bridgehead atoms. The molecule has 1 aromatic carbocycles. The average molecular weight is 215 g/mol. The molecule has 66 valence electrons. The molecule has 0 amide bonds. The zero-order valence-electron chi connectivity index (χ0n) is 6.38. The molecule has 0 unspecified atom stereocenters. The lowest BCUT2D eigenvalue weighted by Gasteiger charge is -1.89. The van der Waals surface area contributed by atoms with Gasteiger partial charge >= 0.3 is 0 Å².